The Morgan fingerprint density at radius 2 is 0.953 bits per heavy atom. The van der Waals surface area contributed by atoms with Gasteiger partial charge in [-0.1, -0.05) is 73.4 Å². The third-order valence-electron chi connectivity index (χ3n) is 14.6. The Hall–Kier alpha value is -8.09. The van der Waals surface area contributed by atoms with Crippen molar-refractivity contribution in [1.82, 2.24) is 9.80 Å². The highest BCUT2D eigenvalue weighted by atomic mass is 19.4. The predicted octanol–water partition coefficient (Wildman–Crippen LogP) is 15.5. The van der Waals surface area contributed by atoms with Gasteiger partial charge in [0.1, 0.15) is 17.4 Å². The van der Waals surface area contributed by atoms with Gasteiger partial charge in [-0.25, -0.2) is 8.78 Å². The monoisotopic (exact) mass is 1200 g/mol. The molecule has 4 aliphatic rings. The molecule has 0 aromatic heterocycles. The minimum Gasteiger partial charge on any atom is -0.399 e. The van der Waals surface area contributed by atoms with E-state index in [1.807, 2.05) is 0 Å². The van der Waals surface area contributed by atoms with E-state index in [1.54, 1.807) is 37.3 Å². The molecule has 0 spiro atoms. The number of halogens is 8. The van der Waals surface area contributed by atoms with Crippen LogP contribution >= 0.6 is 0 Å². The molecule has 19 heteroatoms. The summed E-state index contributed by atoms with van der Waals surface area (Å²) in [5.74, 6) is -7.54. The maximum atomic E-state index is 15.1. The number of anilines is 4. The highest BCUT2D eigenvalue weighted by molar-refractivity contribution is 5.99. The number of carbonyl (C=O) groups is 5. The lowest BCUT2D eigenvalue weighted by Gasteiger charge is -2.41. The van der Waals surface area contributed by atoms with Crippen LogP contribution in [0.2, 0.25) is 0 Å². The molecule has 2 aliphatic heterocycles. The van der Waals surface area contributed by atoms with Crippen molar-refractivity contribution in [3.63, 3.8) is 0 Å². The number of rotatable bonds is 10. The fraction of sp³-hybridized carbons (Fsp3) is 0.379. The number of nitrogens with two attached hydrogens (primary N) is 1. The standard InChI is InChI=1S/C33H35F4N3O2.C28H27F4N3O2.C5H8O/c1-20-12-15-25(19-27(20)33(35,36)37)39-31(41)26-10-6-18-40(32(42)29-21(2)7-5-11-28(29)34)30(26)22-13-16-24(17-14-22)38-23-8-3-4-9-23;1-16-8-13-20(15-22(16)28(30,31)32)34-26(36)21-6-4-14-35(25(21)18-9-11-19(33)12-10-18)27(37)24-17(2)5-3-7-23(24)29;6-5-3-1-2-4-5/h5,7,11-17,19,23,26,30,38H,3-4,6,8-10,18H2,1-2H3,(H,39,41);3,5,7-13,15,21,25H,4,6,14,33H2,1-2H3,(H,34,36);1-4H2/t26-,30-;21-,25-;/m00./s1/i3D2,4D2,8D2,9D2,23D;;1D2,2D2,3D2,4D2. The van der Waals surface area contributed by atoms with Crippen LogP contribution in [0.5, 0.6) is 0 Å². The van der Waals surface area contributed by atoms with Gasteiger partial charge in [0, 0.05) is 76.5 Å². The number of nitrogens with zero attached hydrogens (tertiary/aromatic N) is 2. The summed E-state index contributed by atoms with van der Waals surface area (Å²) in [6, 6.07) is 22.3. The maximum absolute atomic E-state index is 15.1. The fourth-order valence-corrected chi connectivity index (χ4v) is 10.5. The van der Waals surface area contributed by atoms with E-state index in [9.17, 15) is 54.7 Å². The Balaban J connectivity index is 0.000000224. The smallest absolute Gasteiger partial charge is 0.399 e. The van der Waals surface area contributed by atoms with Crippen LogP contribution in [0, 0.1) is 51.2 Å². The molecule has 0 unspecified atom stereocenters. The number of carbonyl (C=O) groups excluding carboxylic acids is 5. The largest absolute Gasteiger partial charge is 0.416 e. The summed E-state index contributed by atoms with van der Waals surface area (Å²) in [7, 11) is 0. The number of piperidine rings is 2. The molecule has 6 aromatic rings. The van der Waals surface area contributed by atoms with Crippen molar-refractivity contribution in [2.24, 2.45) is 11.8 Å². The zero-order chi connectivity index (χ0) is 76.6. The van der Waals surface area contributed by atoms with Gasteiger partial charge in [-0.2, -0.15) is 26.3 Å². The molecule has 0 bridgehead atoms. The molecular weight excluding hydrogens is 1110 g/mol. The van der Waals surface area contributed by atoms with Crippen LogP contribution < -0.4 is 21.7 Å². The van der Waals surface area contributed by atoms with Gasteiger partial charge in [-0.15, -0.1) is 0 Å². The van der Waals surface area contributed by atoms with Crippen LogP contribution in [0.15, 0.2) is 121 Å². The van der Waals surface area contributed by atoms with Crippen LogP contribution in [0.3, 0.4) is 0 Å². The van der Waals surface area contributed by atoms with Gasteiger partial charge in [-0.05, 0) is 173 Å². The first kappa shape index (κ1) is 43.5. The number of alkyl halides is 6. The number of amides is 4. The van der Waals surface area contributed by atoms with Crippen molar-refractivity contribution in [2.75, 3.05) is 34.8 Å². The van der Waals surface area contributed by atoms with Crippen LogP contribution in [-0.2, 0) is 26.7 Å². The topological polar surface area (TPSA) is 154 Å². The first-order valence-electron chi connectivity index (χ1n) is 35.2. The first-order chi connectivity index (χ1) is 46.8. The van der Waals surface area contributed by atoms with E-state index in [4.69, 9.17) is 29.0 Å². The molecule has 2 aliphatic carbocycles. The molecule has 2 heterocycles. The second-order valence-electron chi connectivity index (χ2n) is 20.4. The van der Waals surface area contributed by atoms with Gasteiger partial charge >= 0.3 is 12.4 Å². The summed E-state index contributed by atoms with van der Waals surface area (Å²) in [6.07, 6.45) is -34.2. The van der Waals surface area contributed by atoms with Crippen LogP contribution in [0.1, 0.15) is 177 Å². The van der Waals surface area contributed by atoms with Crippen molar-refractivity contribution < 1.29 is 82.4 Å². The summed E-state index contributed by atoms with van der Waals surface area (Å²) in [5.41, 5.74) is 5.67. The molecule has 5 N–H and O–H groups in total. The summed E-state index contributed by atoms with van der Waals surface area (Å²) >= 11 is 0. The molecule has 2 saturated heterocycles. The minimum atomic E-state index is -4.68. The average Bonchev–Trinajstić information content (AvgIpc) is 1.51. The van der Waals surface area contributed by atoms with Gasteiger partial charge in [-0.3, -0.25) is 24.0 Å². The number of nitrogen functional groups attached to an aromatic ring is 1. The van der Waals surface area contributed by atoms with Crippen LogP contribution in [-0.4, -0.2) is 58.3 Å². The molecule has 85 heavy (non-hydrogen) atoms. The SMILES string of the molecule is Cc1ccc(NC(=O)[C@H]2CCCN(C(=O)c3c(C)cccc3F)[C@H]2c2ccc(N)cc2)cc1C(F)(F)F.[2H]C1([2H])C(=O)C([2H])([2H])C([2H])([2H])C1([2H])[2H].[2H]C1([2H])C([2H])([2H])C([2H])([2H])C([2H])(Nc2ccc([C@H]3[C@@H](C(=O)Nc4ccc(C)c(C(F)(F)F)c4)CCCN3C(=O)c3c(C)cccc3F)cc2)C1([2H])[2H]. The Labute approximate surface area is 513 Å². The van der Waals surface area contributed by atoms with Gasteiger partial charge < -0.3 is 31.5 Å². The second kappa shape index (κ2) is 27.3. The summed E-state index contributed by atoms with van der Waals surface area (Å²) in [4.78, 5) is 68.8. The molecule has 4 amide bonds. The Kier molecular flexibility index (Phi) is 14.0. The van der Waals surface area contributed by atoms with Crippen LogP contribution in [0.4, 0.5) is 57.9 Å². The molecule has 11 nitrogen and oxygen atoms in total. The fourth-order valence-electron chi connectivity index (χ4n) is 10.5. The predicted molar refractivity (Wildman–Crippen MR) is 312 cm³/mol. The molecule has 10 rings (SSSR count). The van der Waals surface area contributed by atoms with E-state index in [2.05, 4.69) is 16.0 Å². The number of ketones is 1. The van der Waals surface area contributed by atoms with Crippen molar-refractivity contribution in [3.8, 4) is 0 Å². The van der Waals surface area contributed by atoms with Crippen molar-refractivity contribution in [3.05, 3.63) is 189 Å². The molecule has 450 valence electrons. The van der Waals surface area contributed by atoms with Gasteiger partial charge in [0.15, 0.2) is 0 Å². The Morgan fingerprint density at radius 3 is 1.33 bits per heavy atom. The normalized spacial score (nSPS) is 27.1. The minimum absolute atomic E-state index is 0.00683. The highest BCUT2D eigenvalue weighted by Gasteiger charge is 2.43. The number of benzene rings is 6. The summed E-state index contributed by atoms with van der Waals surface area (Å²) in [6.45, 7) is 6.16. The van der Waals surface area contributed by atoms with E-state index >= 15 is 4.39 Å². The maximum Gasteiger partial charge on any atom is 0.416 e. The first-order valence-corrected chi connectivity index (χ1v) is 26.7. The van der Waals surface area contributed by atoms with Gasteiger partial charge in [0.2, 0.25) is 11.8 Å². The Bertz CT molecular complexity index is 4130. The van der Waals surface area contributed by atoms with E-state index in [1.165, 1.54) is 103 Å². The molecule has 4 fully saturated rings. The number of hydrogen-bond acceptors (Lipinski definition) is 7. The molecule has 2 saturated carbocycles. The highest BCUT2D eigenvalue weighted by Crippen LogP contribution is 2.42. The second-order valence-corrected chi connectivity index (χ2v) is 20.4. The van der Waals surface area contributed by atoms with E-state index in [0.29, 0.717) is 35.2 Å². The van der Waals surface area contributed by atoms with Crippen molar-refractivity contribution in [1.29, 1.82) is 0 Å². The molecule has 0 radical (unpaired) electrons. The average molecular weight is 1200 g/mol. The third-order valence-corrected chi connectivity index (χ3v) is 14.6. The van der Waals surface area contributed by atoms with Gasteiger partial charge in [0.25, 0.3) is 11.8 Å². The molecule has 4 atom stereocenters. The number of aryl methyl sites for hydroxylation is 4. The van der Waals surface area contributed by atoms with E-state index < -0.39 is 145 Å². The lowest BCUT2D eigenvalue weighted by Crippen LogP contribution is -2.46. The number of Topliss-reactive ketones (excluding diaryl/α,β-unsaturated/α-hetero) is 1. The number of likely N-dealkylation sites (tertiary alicyclic amines) is 2. The number of hydrogen-bond donors (Lipinski definition) is 4. The van der Waals surface area contributed by atoms with Gasteiger partial charge in [0.05, 0.1) is 47.5 Å². The molecule has 6 aromatic carbocycles. The van der Waals surface area contributed by atoms with Crippen LogP contribution in [0.25, 0.3) is 0 Å². The lowest BCUT2D eigenvalue weighted by atomic mass is 9.83. The Morgan fingerprint density at radius 1 is 0.553 bits per heavy atom. The zero-order valence-corrected chi connectivity index (χ0v) is 46.1. The lowest BCUT2D eigenvalue weighted by molar-refractivity contribution is -0.138. The summed E-state index contributed by atoms with van der Waals surface area (Å²) < 4.78 is 242. The third kappa shape index (κ3) is 15.4. The number of nitrogens with one attached hydrogen (secondary N) is 3. The van der Waals surface area contributed by atoms with E-state index in [0.717, 1.165) is 18.2 Å². The van der Waals surface area contributed by atoms with Crippen molar-refractivity contribution in [2.45, 2.75) is 135 Å². The quantitative estimate of drug-likeness (QED) is 0.0787. The van der Waals surface area contributed by atoms with E-state index in [-0.39, 0.29) is 70.8 Å². The molecular formula is C66H70F8N6O5. The summed E-state index contributed by atoms with van der Waals surface area (Å²) in [5, 5.41) is 7.48. The zero-order valence-electron chi connectivity index (χ0n) is 63.1. The van der Waals surface area contributed by atoms with Crippen molar-refractivity contribution >= 4 is 52.2 Å².